The van der Waals surface area contributed by atoms with E-state index in [2.05, 4.69) is 15.5 Å². The summed E-state index contributed by atoms with van der Waals surface area (Å²) >= 11 is 0. The Morgan fingerprint density at radius 3 is 2.26 bits per heavy atom. The Morgan fingerprint density at radius 1 is 1.03 bits per heavy atom. The number of para-hydroxylation sites is 1. The van der Waals surface area contributed by atoms with Crippen molar-refractivity contribution < 1.29 is 14.3 Å². The Hall–Kier alpha value is -2.90. The quantitative estimate of drug-likeness (QED) is 0.715. The number of amides is 2. The fourth-order valence-electron chi connectivity index (χ4n) is 3.58. The van der Waals surface area contributed by atoms with Crippen molar-refractivity contribution in [2.75, 3.05) is 55.4 Å². The standard InChI is InChI=1S/C24H32N4O3/c1-17-6-5-7-18(2)23(17)26-22(29)16-27(4)19(3)24(30)25-20-8-10-21(11-9-20)28-12-14-31-15-13-28/h5-11,19H,12-16H2,1-4H3,(H,25,30)(H,26,29). The maximum atomic E-state index is 12.7. The van der Waals surface area contributed by atoms with Crippen molar-refractivity contribution in [1.29, 1.82) is 0 Å². The molecule has 0 aliphatic carbocycles. The van der Waals surface area contributed by atoms with Gasteiger partial charge in [-0.05, 0) is 63.2 Å². The lowest BCUT2D eigenvalue weighted by Crippen LogP contribution is -2.43. The van der Waals surface area contributed by atoms with Crippen LogP contribution in [0.5, 0.6) is 0 Å². The summed E-state index contributed by atoms with van der Waals surface area (Å²) in [5.74, 6) is -0.295. The number of ether oxygens (including phenoxy) is 1. The summed E-state index contributed by atoms with van der Waals surface area (Å²) in [5, 5.41) is 5.90. The first kappa shape index (κ1) is 22.8. The summed E-state index contributed by atoms with van der Waals surface area (Å²) in [7, 11) is 1.77. The van der Waals surface area contributed by atoms with Crippen LogP contribution in [0, 0.1) is 13.8 Å². The van der Waals surface area contributed by atoms with Crippen molar-refractivity contribution in [3.63, 3.8) is 0 Å². The molecule has 0 radical (unpaired) electrons. The van der Waals surface area contributed by atoms with Crippen molar-refractivity contribution in [3.8, 4) is 0 Å². The summed E-state index contributed by atoms with van der Waals surface area (Å²) in [6.45, 7) is 9.06. The number of hydrogen-bond acceptors (Lipinski definition) is 5. The number of carbonyl (C=O) groups is 2. The first-order valence-electron chi connectivity index (χ1n) is 10.6. The van der Waals surface area contributed by atoms with E-state index in [9.17, 15) is 9.59 Å². The Labute approximate surface area is 184 Å². The van der Waals surface area contributed by atoms with Crippen LogP contribution in [-0.2, 0) is 14.3 Å². The second-order valence-corrected chi connectivity index (χ2v) is 8.04. The topological polar surface area (TPSA) is 73.9 Å². The fourth-order valence-corrected chi connectivity index (χ4v) is 3.58. The van der Waals surface area contributed by atoms with Crippen LogP contribution in [0.15, 0.2) is 42.5 Å². The predicted molar refractivity (Wildman–Crippen MR) is 125 cm³/mol. The molecule has 1 atom stereocenters. The summed E-state index contributed by atoms with van der Waals surface area (Å²) in [4.78, 5) is 29.2. The third kappa shape index (κ3) is 6.06. The lowest BCUT2D eigenvalue weighted by molar-refractivity contribution is -0.122. The molecule has 1 aliphatic heterocycles. The van der Waals surface area contributed by atoms with E-state index in [1.807, 2.05) is 56.3 Å². The molecule has 1 fully saturated rings. The van der Waals surface area contributed by atoms with Crippen LogP contribution in [-0.4, -0.2) is 62.7 Å². The molecule has 1 heterocycles. The van der Waals surface area contributed by atoms with Gasteiger partial charge in [-0.2, -0.15) is 0 Å². The SMILES string of the molecule is Cc1cccc(C)c1NC(=O)CN(C)C(C)C(=O)Nc1ccc(N2CCOCC2)cc1. The highest BCUT2D eigenvalue weighted by atomic mass is 16.5. The molecule has 2 aromatic rings. The molecule has 0 aromatic heterocycles. The first-order chi connectivity index (χ1) is 14.8. The monoisotopic (exact) mass is 424 g/mol. The minimum atomic E-state index is -0.456. The predicted octanol–water partition coefficient (Wildman–Crippen LogP) is 3.04. The lowest BCUT2D eigenvalue weighted by atomic mass is 10.1. The molecule has 31 heavy (non-hydrogen) atoms. The molecular weight excluding hydrogens is 392 g/mol. The van der Waals surface area contributed by atoms with Gasteiger partial charge in [-0.15, -0.1) is 0 Å². The highest BCUT2D eigenvalue weighted by Crippen LogP contribution is 2.20. The van der Waals surface area contributed by atoms with Crippen molar-refractivity contribution in [3.05, 3.63) is 53.6 Å². The van der Waals surface area contributed by atoms with E-state index in [0.717, 1.165) is 54.5 Å². The van der Waals surface area contributed by atoms with E-state index in [1.54, 1.807) is 18.9 Å². The second-order valence-electron chi connectivity index (χ2n) is 8.04. The molecule has 7 heteroatoms. The molecule has 1 aliphatic rings. The number of hydrogen-bond donors (Lipinski definition) is 2. The van der Waals surface area contributed by atoms with E-state index in [4.69, 9.17) is 4.74 Å². The number of morpholine rings is 1. The largest absolute Gasteiger partial charge is 0.378 e. The number of rotatable bonds is 7. The third-order valence-corrected chi connectivity index (χ3v) is 5.69. The molecule has 0 saturated carbocycles. The first-order valence-corrected chi connectivity index (χ1v) is 10.6. The number of nitrogens with zero attached hydrogens (tertiary/aromatic N) is 2. The molecule has 7 nitrogen and oxygen atoms in total. The van der Waals surface area contributed by atoms with Gasteiger partial charge >= 0.3 is 0 Å². The van der Waals surface area contributed by atoms with Crippen molar-refractivity contribution in [2.45, 2.75) is 26.8 Å². The smallest absolute Gasteiger partial charge is 0.241 e. The Kier molecular flexibility index (Phi) is 7.65. The van der Waals surface area contributed by atoms with Gasteiger partial charge in [0, 0.05) is 30.2 Å². The zero-order chi connectivity index (χ0) is 22.4. The van der Waals surface area contributed by atoms with E-state index >= 15 is 0 Å². The summed E-state index contributed by atoms with van der Waals surface area (Å²) in [5.41, 5.74) is 4.72. The van der Waals surface area contributed by atoms with Crippen LogP contribution in [0.1, 0.15) is 18.1 Å². The molecule has 0 spiro atoms. The summed E-state index contributed by atoms with van der Waals surface area (Å²) in [6.07, 6.45) is 0. The number of likely N-dealkylation sites (N-methyl/N-ethyl adjacent to an activating group) is 1. The van der Waals surface area contributed by atoms with Gasteiger partial charge in [0.1, 0.15) is 0 Å². The van der Waals surface area contributed by atoms with Gasteiger partial charge in [-0.1, -0.05) is 18.2 Å². The van der Waals surface area contributed by atoms with Gasteiger partial charge < -0.3 is 20.3 Å². The molecule has 3 rings (SSSR count). The number of aryl methyl sites for hydroxylation is 2. The Balaban J connectivity index is 1.52. The Bertz CT molecular complexity index is 887. The molecule has 166 valence electrons. The average molecular weight is 425 g/mol. The van der Waals surface area contributed by atoms with Crippen molar-refractivity contribution in [2.24, 2.45) is 0 Å². The second kappa shape index (κ2) is 10.4. The molecular formula is C24H32N4O3. The molecule has 2 N–H and O–H groups in total. The van der Waals surface area contributed by atoms with Gasteiger partial charge in [-0.3, -0.25) is 14.5 Å². The maximum Gasteiger partial charge on any atom is 0.241 e. The summed E-state index contributed by atoms with van der Waals surface area (Å²) in [6, 6.07) is 13.3. The summed E-state index contributed by atoms with van der Waals surface area (Å²) < 4.78 is 5.39. The van der Waals surface area contributed by atoms with Gasteiger partial charge in [0.15, 0.2) is 0 Å². The highest BCUT2D eigenvalue weighted by Gasteiger charge is 2.21. The van der Waals surface area contributed by atoms with Gasteiger partial charge in [0.25, 0.3) is 0 Å². The number of nitrogens with one attached hydrogen (secondary N) is 2. The molecule has 2 amide bonds. The van der Waals surface area contributed by atoms with Crippen LogP contribution in [0.2, 0.25) is 0 Å². The lowest BCUT2D eigenvalue weighted by Gasteiger charge is -2.29. The average Bonchev–Trinajstić information content (AvgIpc) is 2.77. The van der Waals surface area contributed by atoms with Crippen LogP contribution >= 0.6 is 0 Å². The molecule has 2 aromatic carbocycles. The van der Waals surface area contributed by atoms with Crippen molar-refractivity contribution in [1.82, 2.24) is 4.90 Å². The van der Waals surface area contributed by atoms with Gasteiger partial charge in [0.2, 0.25) is 11.8 Å². The van der Waals surface area contributed by atoms with E-state index in [-0.39, 0.29) is 18.4 Å². The zero-order valence-corrected chi connectivity index (χ0v) is 18.8. The number of benzene rings is 2. The third-order valence-electron chi connectivity index (χ3n) is 5.69. The Morgan fingerprint density at radius 2 is 1.65 bits per heavy atom. The number of carbonyl (C=O) groups excluding carboxylic acids is 2. The van der Waals surface area contributed by atoms with Gasteiger partial charge in [0.05, 0.1) is 25.8 Å². The van der Waals surface area contributed by atoms with E-state index < -0.39 is 6.04 Å². The normalized spacial score (nSPS) is 14.9. The molecule has 0 bridgehead atoms. The zero-order valence-electron chi connectivity index (χ0n) is 18.8. The molecule has 1 saturated heterocycles. The number of anilines is 3. The van der Waals surface area contributed by atoms with E-state index in [0.29, 0.717) is 0 Å². The van der Waals surface area contributed by atoms with Crippen LogP contribution in [0.25, 0.3) is 0 Å². The van der Waals surface area contributed by atoms with Crippen molar-refractivity contribution >= 4 is 28.9 Å². The van der Waals surface area contributed by atoms with Gasteiger partial charge in [-0.25, -0.2) is 0 Å². The minimum Gasteiger partial charge on any atom is -0.378 e. The van der Waals surface area contributed by atoms with E-state index in [1.165, 1.54) is 0 Å². The molecule has 1 unspecified atom stereocenters. The maximum absolute atomic E-state index is 12.7. The minimum absolute atomic E-state index is 0.123. The highest BCUT2D eigenvalue weighted by molar-refractivity contribution is 5.96. The van der Waals surface area contributed by atoms with Crippen LogP contribution in [0.3, 0.4) is 0 Å². The van der Waals surface area contributed by atoms with Crippen LogP contribution < -0.4 is 15.5 Å². The van der Waals surface area contributed by atoms with Crippen LogP contribution in [0.4, 0.5) is 17.1 Å². The fraction of sp³-hybridized carbons (Fsp3) is 0.417.